The highest BCUT2D eigenvalue weighted by atomic mass is 16.1. The van der Waals surface area contributed by atoms with E-state index < -0.39 is 0 Å². The number of hydrogen-bond donors (Lipinski definition) is 2. The molecule has 25 heavy (non-hydrogen) atoms. The Labute approximate surface area is 147 Å². The van der Waals surface area contributed by atoms with Crippen LogP contribution in [0.3, 0.4) is 0 Å². The van der Waals surface area contributed by atoms with E-state index in [0.29, 0.717) is 11.6 Å². The molecule has 126 valence electrons. The molecule has 5 heteroatoms. The monoisotopic (exact) mass is 332 g/mol. The summed E-state index contributed by atoms with van der Waals surface area (Å²) in [5.74, 6) is 0.140. The molecule has 3 rings (SSSR count). The minimum atomic E-state index is -0.262. The van der Waals surface area contributed by atoms with Gasteiger partial charge in [0.25, 0.3) is 5.91 Å². The van der Waals surface area contributed by atoms with Crippen molar-refractivity contribution in [2.75, 3.05) is 10.6 Å². The maximum absolute atomic E-state index is 12.5. The summed E-state index contributed by atoms with van der Waals surface area (Å²) in [6, 6.07) is 17.2. The van der Waals surface area contributed by atoms with Gasteiger partial charge in [0, 0.05) is 17.1 Å². The third kappa shape index (κ3) is 4.41. The minimum Gasteiger partial charge on any atom is -0.324 e. The molecule has 1 aromatic heterocycles. The molecule has 2 N–H and O–H groups in total. The Morgan fingerprint density at radius 3 is 2.32 bits per heavy atom. The summed E-state index contributed by atoms with van der Waals surface area (Å²) < 4.78 is 0. The molecule has 0 saturated carbocycles. The van der Waals surface area contributed by atoms with Crippen LogP contribution < -0.4 is 10.6 Å². The summed E-state index contributed by atoms with van der Waals surface area (Å²) in [5, 5.41) is 6.01. The molecular weight excluding hydrogens is 312 g/mol. The molecule has 1 heterocycles. The third-order valence-corrected chi connectivity index (χ3v) is 3.67. The molecule has 0 radical (unpaired) electrons. The zero-order valence-corrected chi connectivity index (χ0v) is 14.5. The van der Waals surface area contributed by atoms with Gasteiger partial charge in [-0.3, -0.25) is 4.79 Å². The first-order chi connectivity index (χ1) is 12.0. The summed E-state index contributed by atoms with van der Waals surface area (Å²) in [5.41, 5.74) is 4.94. The molecule has 0 saturated heterocycles. The van der Waals surface area contributed by atoms with Crippen LogP contribution in [-0.4, -0.2) is 15.9 Å². The van der Waals surface area contributed by atoms with Crippen LogP contribution in [0.2, 0.25) is 0 Å². The van der Waals surface area contributed by atoms with Gasteiger partial charge in [-0.15, -0.1) is 0 Å². The number of rotatable bonds is 4. The Kier molecular flexibility index (Phi) is 4.75. The van der Waals surface area contributed by atoms with Gasteiger partial charge >= 0.3 is 0 Å². The lowest BCUT2D eigenvalue weighted by molar-refractivity contribution is 0.102. The molecular formula is C20H20N4O. The van der Waals surface area contributed by atoms with Crippen LogP contribution in [-0.2, 0) is 0 Å². The van der Waals surface area contributed by atoms with E-state index >= 15 is 0 Å². The Balaban J connectivity index is 1.80. The second kappa shape index (κ2) is 7.13. The maximum Gasteiger partial charge on any atom is 0.274 e. The van der Waals surface area contributed by atoms with E-state index in [1.807, 2.05) is 69.3 Å². The van der Waals surface area contributed by atoms with Crippen molar-refractivity contribution in [1.82, 2.24) is 9.97 Å². The standard InChI is InChI=1S/C20H20N4O/c1-13-7-9-16(10-8-13)22-19(25)18-12-15(3)21-20(24-18)23-17-6-4-5-14(2)11-17/h4-12H,1-3H3,(H,22,25)(H,21,23,24). The summed E-state index contributed by atoms with van der Waals surface area (Å²) in [6.45, 7) is 5.86. The van der Waals surface area contributed by atoms with Gasteiger partial charge in [-0.05, 0) is 56.7 Å². The Morgan fingerprint density at radius 2 is 1.60 bits per heavy atom. The number of nitrogens with one attached hydrogen (secondary N) is 2. The van der Waals surface area contributed by atoms with Crippen molar-refractivity contribution >= 4 is 23.2 Å². The van der Waals surface area contributed by atoms with Gasteiger partial charge in [0.2, 0.25) is 5.95 Å². The summed E-state index contributed by atoms with van der Waals surface area (Å²) in [6.07, 6.45) is 0. The number of hydrogen-bond acceptors (Lipinski definition) is 4. The fourth-order valence-corrected chi connectivity index (χ4v) is 2.42. The van der Waals surface area contributed by atoms with Crippen molar-refractivity contribution < 1.29 is 4.79 Å². The van der Waals surface area contributed by atoms with Gasteiger partial charge in [0.15, 0.2) is 0 Å². The highest BCUT2D eigenvalue weighted by molar-refractivity contribution is 6.03. The normalized spacial score (nSPS) is 10.4. The summed E-state index contributed by atoms with van der Waals surface area (Å²) >= 11 is 0. The molecule has 0 bridgehead atoms. The lowest BCUT2D eigenvalue weighted by Crippen LogP contribution is -2.15. The maximum atomic E-state index is 12.5. The smallest absolute Gasteiger partial charge is 0.274 e. The molecule has 3 aromatic rings. The first-order valence-corrected chi connectivity index (χ1v) is 8.07. The Hall–Kier alpha value is -3.21. The topological polar surface area (TPSA) is 66.9 Å². The molecule has 1 amide bonds. The van der Waals surface area contributed by atoms with E-state index in [9.17, 15) is 4.79 Å². The van der Waals surface area contributed by atoms with Crippen LogP contribution in [0.5, 0.6) is 0 Å². The second-order valence-electron chi connectivity index (χ2n) is 6.03. The molecule has 0 aliphatic heterocycles. The first-order valence-electron chi connectivity index (χ1n) is 8.07. The fourth-order valence-electron chi connectivity index (χ4n) is 2.42. The zero-order chi connectivity index (χ0) is 17.8. The van der Waals surface area contributed by atoms with Crippen LogP contribution >= 0.6 is 0 Å². The number of aryl methyl sites for hydroxylation is 3. The van der Waals surface area contributed by atoms with Gasteiger partial charge in [-0.25, -0.2) is 9.97 Å². The molecule has 5 nitrogen and oxygen atoms in total. The molecule has 0 atom stereocenters. The lowest BCUT2D eigenvalue weighted by Gasteiger charge is -2.09. The lowest BCUT2D eigenvalue weighted by atomic mass is 10.2. The van der Waals surface area contributed by atoms with Crippen molar-refractivity contribution in [3.8, 4) is 0 Å². The van der Waals surface area contributed by atoms with E-state index in [0.717, 1.165) is 28.2 Å². The van der Waals surface area contributed by atoms with Crippen molar-refractivity contribution in [3.05, 3.63) is 77.1 Å². The average molecular weight is 332 g/mol. The highest BCUT2D eigenvalue weighted by Crippen LogP contribution is 2.16. The Bertz CT molecular complexity index is 904. The van der Waals surface area contributed by atoms with Crippen LogP contribution in [0, 0.1) is 20.8 Å². The van der Waals surface area contributed by atoms with Crippen LogP contribution in [0.1, 0.15) is 27.3 Å². The number of aromatic nitrogens is 2. The molecule has 2 aromatic carbocycles. The van der Waals surface area contributed by atoms with Crippen LogP contribution in [0.25, 0.3) is 0 Å². The van der Waals surface area contributed by atoms with Gasteiger partial charge in [-0.1, -0.05) is 29.8 Å². The number of anilines is 3. The average Bonchev–Trinajstić information content (AvgIpc) is 2.56. The van der Waals surface area contributed by atoms with E-state index in [1.54, 1.807) is 6.07 Å². The number of nitrogens with zero attached hydrogens (tertiary/aromatic N) is 2. The van der Waals surface area contributed by atoms with Crippen LogP contribution in [0.4, 0.5) is 17.3 Å². The largest absolute Gasteiger partial charge is 0.324 e. The van der Waals surface area contributed by atoms with Crippen molar-refractivity contribution in [2.24, 2.45) is 0 Å². The number of carbonyl (C=O) groups is 1. The van der Waals surface area contributed by atoms with Gasteiger partial charge in [-0.2, -0.15) is 0 Å². The minimum absolute atomic E-state index is 0.262. The quantitative estimate of drug-likeness (QED) is 0.743. The van der Waals surface area contributed by atoms with E-state index in [-0.39, 0.29) is 5.91 Å². The molecule has 0 aliphatic rings. The molecule has 0 fully saturated rings. The first kappa shape index (κ1) is 16.6. The number of carbonyl (C=O) groups excluding carboxylic acids is 1. The Morgan fingerprint density at radius 1 is 0.840 bits per heavy atom. The summed E-state index contributed by atoms with van der Waals surface area (Å²) in [4.78, 5) is 21.2. The van der Waals surface area contributed by atoms with E-state index in [4.69, 9.17) is 0 Å². The number of amides is 1. The predicted octanol–water partition coefficient (Wildman–Crippen LogP) is 4.40. The third-order valence-electron chi connectivity index (χ3n) is 3.67. The van der Waals surface area contributed by atoms with Gasteiger partial charge in [0.05, 0.1) is 0 Å². The molecule has 0 spiro atoms. The van der Waals surface area contributed by atoms with E-state index in [1.165, 1.54) is 0 Å². The van der Waals surface area contributed by atoms with Crippen LogP contribution in [0.15, 0.2) is 54.6 Å². The van der Waals surface area contributed by atoms with Crippen molar-refractivity contribution in [3.63, 3.8) is 0 Å². The van der Waals surface area contributed by atoms with Gasteiger partial charge in [0.1, 0.15) is 5.69 Å². The van der Waals surface area contributed by atoms with Crippen molar-refractivity contribution in [1.29, 1.82) is 0 Å². The fraction of sp³-hybridized carbons (Fsp3) is 0.150. The molecule has 0 aliphatic carbocycles. The highest BCUT2D eigenvalue weighted by Gasteiger charge is 2.11. The predicted molar refractivity (Wildman–Crippen MR) is 100 cm³/mol. The second-order valence-corrected chi connectivity index (χ2v) is 6.03. The summed E-state index contributed by atoms with van der Waals surface area (Å²) in [7, 11) is 0. The zero-order valence-electron chi connectivity index (χ0n) is 14.5. The van der Waals surface area contributed by atoms with Crippen molar-refractivity contribution in [2.45, 2.75) is 20.8 Å². The SMILES string of the molecule is Cc1ccc(NC(=O)c2cc(C)nc(Nc3cccc(C)c3)n2)cc1. The molecule has 0 unspecified atom stereocenters. The van der Waals surface area contributed by atoms with Gasteiger partial charge < -0.3 is 10.6 Å². The number of benzene rings is 2. The van der Waals surface area contributed by atoms with E-state index in [2.05, 4.69) is 20.6 Å².